The molecule has 0 fully saturated rings. The van der Waals surface area contributed by atoms with E-state index in [0.717, 1.165) is 6.54 Å². The van der Waals surface area contributed by atoms with Crippen molar-refractivity contribution in [3.8, 4) is 5.75 Å². The number of carbonyl (C=O) groups excluding carboxylic acids is 1. The number of nitrogens with two attached hydrogens (primary N) is 2. The molecule has 1 aromatic carbocycles. The lowest BCUT2D eigenvalue weighted by molar-refractivity contribution is -0.274. The number of nitrogen functional groups attached to an aromatic ring is 1. The van der Waals surface area contributed by atoms with Gasteiger partial charge in [-0.1, -0.05) is 19.1 Å². The number of amides is 1. The van der Waals surface area contributed by atoms with E-state index < -0.39 is 18.3 Å². The molecular weight excluding hydrogens is 365 g/mol. The summed E-state index contributed by atoms with van der Waals surface area (Å²) >= 11 is 0. The normalized spacial score (nSPS) is 11.8. The number of rotatable bonds is 5. The molecule has 0 aliphatic carbocycles. The average Bonchev–Trinajstić information content (AvgIpc) is 2.60. The molecule has 0 saturated heterocycles. The largest absolute Gasteiger partial charge is 0.573 e. The molecule has 0 bridgehead atoms. The molecule has 11 heteroatoms. The Bertz CT molecular complexity index is 740. The highest BCUT2D eigenvalue weighted by molar-refractivity contribution is 5.92. The van der Waals surface area contributed by atoms with E-state index in [0.29, 0.717) is 5.56 Å². The molecule has 27 heavy (non-hydrogen) atoms. The second-order valence-corrected chi connectivity index (χ2v) is 5.17. The summed E-state index contributed by atoms with van der Waals surface area (Å²) in [6.07, 6.45) is -3.44. The van der Waals surface area contributed by atoms with Crippen LogP contribution in [0, 0.1) is 0 Å². The first-order valence-electron chi connectivity index (χ1n) is 7.84. The summed E-state index contributed by atoms with van der Waals surface area (Å²) in [5, 5.41) is 2.61. The molecule has 0 radical (unpaired) electrons. The molecule has 0 aliphatic heterocycles. The molecule has 0 spiro atoms. The number of hydrogen-bond acceptors (Lipinski definition) is 7. The maximum Gasteiger partial charge on any atom is 0.573 e. The van der Waals surface area contributed by atoms with Gasteiger partial charge in [-0.15, -0.1) is 13.2 Å². The van der Waals surface area contributed by atoms with Crippen molar-refractivity contribution in [2.24, 2.45) is 5.84 Å². The number of aromatic nitrogens is 2. The number of nitrogens with zero attached hydrogens (tertiary/aromatic N) is 2. The van der Waals surface area contributed by atoms with Crippen LogP contribution < -0.4 is 27.1 Å². The molecule has 1 heterocycles. The number of ether oxygens (including phenoxy) is 1. The zero-order valence-corrected chi connectivity index (χ0v) is 14.7. The minimum Gasteiger partial charge on any atom is -0.406 e. The number of nitrogens with one attached hydrogen (secondary N) is 2. The van der Waals surface area contributed by atoms with Crippen LogP contribution >= 0.6 is 0 Å². The number of halogens is 3. The zero-order valence-electron chi connectivity index (χ0n) is 14.7. The molecule has 8 nitrogen and oxygen atoms in total. The second-order valence-electron chi connectivity index (χ2n) is 5.17. The van der Waals surface area contributed by atoms with Crippen LogP contribution in [-0.2, 0) is 0 Å². The molecular formula is C16H21F3N6O2. The maximum absolute atomic E-state index is 12.2. The standard InChI is InChI=1S/C14H13F3N4O2.C2H8N2/c1-8(20-12(22)11-5-6-19-13(18)21-11)9-3-2-4-10(7-9)23-14(15,16)17;1-2-4-3/h2-8H,1H3,(H,20,22)(H2,18,19,21);4H,2-3H2,1H3. The van der Waals surface area contributed by atoms with Crippen LogP contribution in [0.2, 0.25) is 0 Å². The predicted octanol–water partition coefficient (Wildman–Crippen LogP) is 1.92. The Morgan fingerprint density at radius 3 is 2.56 bits per heavy atom. The number of hydrazine groups is 1. The fourth-order valence-corrected chi connectivity index (χ4v) is 1.84. The van der Waals surface area contributed by atoms with Crippen LogP contribution in [0.3, 0.4) is 0 Å². The lowest BCUT2D eigenvalue weighted by atomic mass is 10.1. The van der Waals surface area contributed by atoms with Crippen molar-refractivity contribution in [2.75, 3.05) is 12.3 Å². The van der Waals surface area contributed by atoms with Gasteiger partial charge in [0, 0.05) is 12.7 Å². The van der Waals surface area contributed by atoms with Crippen LogP contribution in [0.15, 0.2) is 36.5 Å². The van der Waals surface area contributed by atoms with Crippen molar-refractivity contribution in [3.05, 3.63) is 47.8 Å². The Hall–Kier alpha value is -2.92. The lowest BCUT2D eigenvalue weighted by Crippen LogP contribution is -2.27. The van der Waals surface area contributed by atoms with E-state index in [2.05, 4.69) is 25.4 Å². The summed E-state index contributed by atoms with van der Waals surface area (Å²) in [7, 11) is 0. The van der Waals surface area contributed by atoms with E-state index >= 15 is 0 Å². The second kappa shape index (κ2) is 10.3. The van der Waals surface area contributed by atoms with Gasteiger partial charge in [0.1, 0.15) is 11.4 Å². The summed E-state index contributed by atoms with van der Waals surface area (Å²) in [5.74, 6) is 3.85. The van der Waals surface area contributed by atoms with Gasteiger partial charge in [-0.25, -0.2) is 9.97 Å². The molecule has 148 valence electrons. The molecule has 2 rings (SSSR count). The van der Waals surface area contributed by atoms with Gasteiger partial charge in [-0.05, 0) is 30.7 Å². The molecule has 2 aromatic rings. The Balaban J connectivity index is 0.000000828. The van der Waals surface area contributed by atoms with E-state index in [-0.39, 0.29) is 17.4 Å². The molecule has 1 unspecified atom stereocenters. The highest BCUT2D eigenvalue weighted by Gasteiger charge is 2.31. The van der Waals surface area contributed by atoms with E-state index in [1.165, 1.54) is 30.5 Å². The smallest absolute Gasteiger partial charge is 0.406 e. The topological polar surface area (TPSA) is 128 Å². The van der Waals surface area contributed by atoms with Crippen molar-refractivity contribution < 1.29 is 22.7 Å². The first-order valence-corrected chi connectivity index (χ1v) is 7.84. The van der Waals surface area contributed by atoms with Crippen molar-refractivity contribution in [1.82, 2.24) is 20.7 Å². The lowest BCUT2D eigenvalue weighted by Gasteiger charge is -2.16. The highest BCUT2D eigenvalue weighted by atomic mass is 19.4. The van der Waals surface area contributed by atoms with E-state index in [1.54, 1.807) is 13.0 Å². The number of alkyl halides is 3. The Labute approximate surface area is 154 Å². The third-order valence-electron chi connectivity index (χ3n) is 3.05. The van der Waals surface area contributed by atoms with Crippen LogP contribution in [0.25, 0.3) is 0 Å². The van der Waals surface area contributed by atoms with Crippen molar-refractivity contribution in [1.29, 1.82) is 0 Å². The van der Waals surface area contributed by atoms with E-state index in [1.807, 2.05) is 6.92 Å². The predicted molar refractivity (Wildman–Crippen MR) is 93.3 cm³/mol. The minimum atomic E-state index is -4.77. The quantitative estimate of drug-likeness (QED) is 0.456. The first-order chi connectivity index (χ1) is 12.7. The average molecular weight is 386 g/mol. The van der Waals surface area contributed by atoms with E-state index in [4.69, 9.17) is 11.6 Å². The van der Waals surface area contributed by atoms with Crippen molar-refractivity contribution in [2.45, 2.75) is 26.3 Å². The Kier molecular flexibility index (Phi) is 8.42. The van der Waals surface area contributed by atoms with Crippen LogP contribution in [0.4, 0.5) is 19.1 Å². The van der Waals surface area contributed by atoms with Gasteiger partial charge in [-0.2, -0.15) is 0 Å². The van der Waals surface area contributed by atoms with Crippen molar-refractivity contribution in [3.63, 3.8) is 0 Å². The zero-order chi connectivity index (χ0) is 20.4. The van der Waals surface area contributed by atoms with Gasteiger partial charge in [0.25, 0.3) is 5.91 Å². The van der Waals surface area contributed by atoms with Gasteiger partial charge >= 0.3 is 6.36 Å². The van der Waals surface area contributed by atoms with Crippen molar-refractivity contribution >= 4 is 11.9 Å². The van der Waals surface area contributed by atoms with Gasteiger partial charge in [0.05, 0.1) is 6.04 Å². The SMILES string of the molecule is CC(NC(=O)c1ccnc(N)n1)c1cccc(OC(F)(F)F)c1.CCNN. The number of hydrogen-bond donors (Lipinski definition) is 4. The Morgan fingerprint density at radius 1 is 1.33 bits per heavy atom. The van der Waals surface area contributed by atoms with Gasteiger partial charge in [0.15, 0.2) is 0 Å². The highest BCUT2D eigenvalue weighted by Crippen LogP contribution is 2.25. The molecule has 1 atom stereocenters. The summed E-state index contributed by atoms with van der Waals surface area (Å²) in [6, 6.07) is 6.17. The molecule has 1 amide bonds. The monoisotopic (exact) mass is 386 g/mol. The fourth-order valence-electron chi connectivity index (χ4n) is 1.84. The molecule has 1 aromatic heterocycles. The van der Waals surface area contributed by atoms with Crippen LogP contribution in [0.1, 0.15) is 35.9 Å². The maximum atomic E-state index is 12.2. The molecule has 0 aliphatic rings. The van der Waals surface area contributed by atoms with E-state index in [9.17, 15) is 18.0 Å². The number of carbonyl (C=O) groups is 1. The van der Waals surface area contributed by atoms with Gasteiger partial charge < -0.3 is 15.8 Å². The molecule has 0 saturated carbocycles. The summed E-state index contributed by atoms with van der Waals surface area (Å²) in [6.45, 7) is 4.41. The minimum absolute atomic E-state index is 0.0501. The number of anilines is 1. The fraction of sp³-hybridized carbons (Fsp3) is 0.312. The van der Waals surface area contributed by atoms with Gasteiger partial charge in [-0.3, -0.25) is 16.1 Å². The Morgan fingerprint density at radius 2 is 2.00 bits per heavy atom. The third-order valence-corrected chi connectivity index (χ3v) is 3.05. The van der Waals surface area contributed by atoms with Gasteiger partial charge in [0.2, 0.25) is 5.95 Å². The number of benzene rings is 1. The first kappa shape index (κ1) is 22.1. The van der Waals surface area contributed by atoms with Crippen LogP contribution in [0.5, 0.6) is 5.75 Å². The summed E-state index contributed by atoms with van der Waals surface area (Å²) in [5.41, 5.74) is 8.33. The third kappa shape index (κ3) is 8.33. The summed E-state index contributed by atoms with van der Waals surface area (Å²) in [4.78, 5) is 19.5. The van der Waals surface area contributed by atoms with Crippen LogP contribution in [-0.4, -0.2) is 28.8 Å². The summed E-state index contributed by atoms with van der Waals surface area (Å²) < 4.78 is 40.5. The molecule has 6 N–H and O–H groups in total.